The van der Waals surface area contributed by atoms with Crippen LogP contribution in [0.2, 0.25) is 0 Å². The minimum absolute atomic E-state index is 0.210. The van der Waals surface area contributed by atoms with Gasteiger partial charge in [0.05, 0.1) is 68.8 Å². The van der Waals surface area contributed by atoms with E-state index in [4.69, 9.17) is 6.57 Å². The van der Waals surface area contributed by atoms with Crippen molar-refractivity contribution in [2.24, 2.45) is 0 Å². The lowest BCUT2D eigenvalue weighted by atomic mass is 9.97. The molecule has 5 nitrogen and oxygen atoms in total. The number of nitriles is 2. The summed E-state index contributed by atoms with van der Waals surface area (Å²) in [7, 11) is 0. The second-order valence-electron chi connectivity index (χ2n) is 15.1. The van der Waals surface area contributed by atoms with Gasteiger partial charge in [-0.3, -0.25) is 0 Å². The van der Waals surface area contributed by atoms with E-state index in [1.54, 1.807) is 43.3 Å². The largest absolute Gasteiger partial charge is 0.416 e. The zero-order chi connectivity index (χ0) is 42.0. The van der Waals surface area contributed by atoms with Gasteiger partial charge in [-0.05, 0) is 131 Å². The molecule has 0 aliphatic rings. The van der Waals surface area contributed by atoms with Crippen LogP contribution in [-0.4, -0.2) is 9.13 Å². The average molecular weight is 794 g/mol. The lowest BCUT2D eigenvalue weighted by Crippen LogP contribution is -2.06. The lowest BCUT2D eigenvalue weighted by Gasteiger charge is -2.20. The van der Waals surface area contributed by atoms with Crippen molar-refractivity contribution in [3.63, 3.8) is 0 Å². The monoisotopic (exact) mass is 793 g/mol. The fourth-order valence-corrected chi connectivity index (χ4v) is 8.65. The number of hydrogen-bond donors (Lipinski definition) is 0. The maximum atomic E-state index is 14.3. The number of fused-ring (bicyclic) bond motifs is 6. The normalized spacial score (nSPS) is 11.6. The van der Waals surface area contributed by atoms with E-state index < -0.39 is 11.7 Å². The summed E-state index contributed by atoms with van der Waals surface area (Å²) in [5, 5.41) is 22.7. The minimum Gasteiger partial charge on any atom is -0.308 e. The summed E-state index contributed by atoms with van der Waals surface area (Å²) in [5.41, 5.74) is 10.4. The molecule has 0 saturated carbocycles. The highest BCUT2D eigenvalue weighted by molar-refractivity contribution is 6.13. The van der Waals surface area contributed by atoms with Crippen molar-refractivity contribution in [2.45, 2.75) is 13.1 Å². The molecule has 0 aliphatic carbocycles. The van der Waals surface area contributed by atoms with Gasteiger partial charge in [0.1, 0.15) is 0 Å². The van der Waals surface area contributed by atoms with Crippen LogP contribution in [0.25, 0.3) is 93.2 Å². The molecule has 0 atom stereocenters. The molecule has 0 amide bonds. The van der Waals surface area contributed by atoms with E-state index in [2.05, 4.69) is 62.5 Å². The Morgan fingerprint density at radius 2 is 0.951 bits per heavy atom. The Balaban J connectivity index is 1.30. The maximum Gasteiger partial charge on any atom is 0.416 e. The third-order valence-electron chi connectivity index (χ3n) is 11.5. The molecule has 61 heavy (non-hydrogen) atoms. The molecule has 2 heterocycles. The van der Waals surface area contributed by atoms with Crippen LogP contribution < -0.4 is 0 Å². The Labute approximate surface area is 348 Å². The summed E-state index contributed by atoms with van der Waals surface area (Å²) in [6.07, 6.45) is -4.58. The quantitative estimate of drug-likeness (QED) is 0.163. The number of alkyl halides is 3. The second-order valence-corrected chi connectivity index (χ2v) is 15.1. The summed E-state index contributed by atoms with van der Waals surface area (Å²) >= 11 is 0. The SMILES string of the molecule is [C-]#[N+]c1cc(-n2c3ccccc3c3cc(-c4ccc(C#N)cc4)ccc32)c(-n2c3ccccc3c3cc(-c4ccc(C#N)cc4)ccc32)cc1-c1cc(C)cc(C(F)(F)F)c1. The Hall–Kier alpha value is -8.38. The van der Waals surface area contributed by atoms with E-state index in [9.17, 15) is 23.7 Å². The number of hydrogen-bond acceptors (Lipinski definition) is 2. The minimum atomic E-state index is -4.58. The number of aryl methyl sites for hydroxylation is 1. The van der Waals surface area contributed by atoms with Gasteiger partial charge in [-0.25, -0.2) is 4.85 Å². The molecule has 0 N–H and O–H groups in total. The molecule has 8 aromatic carbocycles. The molecule has 288 valence electrons. The first-order chi connectivity index (χ1) is 29.6. The van der Waals surface area contributed by atoms with Gasteiger partial charge in [-0.1, -0.05) is 78.9 Å². The summed E-state index contributed by atoms with van der Waals surface area (Å²) in [6.45, 7) is 10.1. The third kappa shape index (κ3) is 6.16. The zero-order valence-corrected chi connectivity index (χ0v) is 32.5. The van der Waals surface area contributed by atoms with Gasteiger partial charge in [0.2, 0.25) is 0 Å². The molecule has 0 bridgehead atoms. The van der Waals surface area contributed by atoms with Crippen molar-refractivity contribution in [3.05, 3.63) is 197 Å². The lowest BCUT2D eigenvalue weighted by molar-refractivity contribution is -0.137. The van der Waals surface area contributed by atoms with Crippen molar-refractivity contribution >= 4 is 49.3 Å². The van der Waals surface area contributed by atoms with E-state index in [0.29, 0.717) is 39.2 Å². The topological polar surface area (TPSA) is 61.8 Å². The van der Waals surface area contributed by atoms with Gasteiger partial charge in [-0.15, -0.1) is 0 Å². The first-order valence-corrected chi connectivity index (χ1v) is 19.5. The molecule has 0 radical (unpaired) electrons. The van der Waals surface area contributed by atoms with Crippen LogP contribution in [0.3, 0.4) is 0 Å². The number of para-hydroxylation sites is 2. The van der Waals surface area contributed by atoms with Gasteiger partial charge in [0.25, 0.3) is 0 Å². The van der Waals surface area contributed by atoms with Crippen molar-refractivity contribution in [3.8, 4) is 56.9 Å². The standard InChI is InChI=1S/C53H30F3N5/c1-32-23-39(25-40(24-32)53(54,55)56)43-28-51(60-47-9-5-3-7-41(47)44-26-37(19-21-49(44)60)35-15-11-33(30-57)12-16-35)52(29-46(43)59-2)61-48-10-6-4-8-42(48)45-27-38(20-22-50(45)61)36-17-13-34(31-58)14-18-36/h3-29H,1H3. The van der Waals surface area contributed by atoms with Crippen molar-refractivity contribution < 1.29 is 13.2 Å². The van der Waals surface area contributed by atoms with Crippen LogP contribution in [-0.2, 0) is 6.18 Å². The summed E-state index contributed by atoms with van der Waals surface area (Å²) in [4.78, 5) is 3.97. The maximum absolute atomic E-state index is 14.3. The van der Waals surface area contributed by atoms with Gasteiger partial charge in [0.15, 0.2) is 5.69 Å². The predicted octanol–water partition coefficient (Wildman–Crippen LogP) is 14.5. The highest BCUT2D eigenvalue weighted by atomic mass is 19.4. The number of benzene rings is 8. The van der Waals surface area contributed by atoms with E-state index >= 15 is 0 Å². The highest BCUT2D eigenvalue weighted by Gasteiger charge is 2.31. The number of nitrogens with zero attached hydrogens (tertiary/aromatic N) is 5. The van der Waals surface area contributed by atoms with Crippen LogP contribution in [0.4, 0.5) is 18.9 Å². The molecular weight excluding hydrogens is 764 g/mol. The number of rotatable bonds is 5. The Bertz CT molecular complexity index is 3550. The van der Waals surface area contributed by atoms with Crippen molar-refractivity contribution in [1.82, 2.24) is 9.13 Å². The summed E-state index contributed by atoms with van der Waals surface area (Å²) in [6, 6.07) is 55.5. The van der Waals surface area contributed by atoms with E-state index in [1.165, 1.54) is 0 Å². The molecular formula is C53H30F3N5. The molecule has 2 aromatic heterocycles. The van der Waals surface area contributed by atoms with Crippen LogP contribution in [0, 0.1) is 36.2 Å². The fraction of sp³-hybridized carbons (Fsp3) is 0.0377. The van der Waals surface area contributed by atoms with Gasteiger partial charge >= 0.3 is 6.18 Å². The predicted molar refractivity (Wildman–Crippen MR) is 237 cm³/mol. The van der Waals surface area contributed by atoms with Crippen LogP contribution in [0.1, 0.15) is 22.3 Å². The molecule has 10 aromatic rings. The number of halogens is 3. The second kappa shape index (κ2) is 14.2. The molecule has 0 unspecified atom stereocenters. The average Bonchev–Trinajstić information content (AvgIpc) is 3.80. The number of aromatic nitrogens is 2. The van der Waals surface area contributed by atoms with Crippen molar-refractivity contribution in [2.75, 3.05) is 0 Å². The smallest absolute Gasteiger partial charge is 0.308 e. The third-order valence-corrected chi connectivity index (χ3v) is 11.5. The van der Waals surface area contributed by atoms with Crippen LogP contribution >= 0.6 is 0 Å². The van der Waals surface area contributed by atoms with Gasteiger partial charge < -0.3 is 9.13 Å². The molecule has 0 saturated heterocycles. The van der Waals surface area contributed by atoms with Crippen molar-refractivity contribution in [1.29, 1.82) is 10.5 Å². The first kappa shape index (κ1) is 36.9. The van der Waals surface area contributed by atoms with Crippen LogP contribution in [0.5, 0.6) is 0 Å². The Morgan fingerprint density at radius 3 is 1.43 bits per heavy atom. The molecule has 0 fully saturated rings. The summed E-state index contributed by atoms with van der Waals surface area (Å²) in [5.74, 6) is 0. The fourth-order valence-electron chi connectivity index (χ4n) is 8.65. The summed E-state index contributed by atoms with van der Waals surface area (Å²) < 4.78 is 47.2. The first-order valence-electron chi connectivity index (χ1n) is 19.5. The van der Waals surface area contributed by atoms with E-state index in [0.717, 1.165) is 78.0 Å². The van der Waals surface area contributed by atoms with E-state index in [-0.39, 0.29) is 5.69 Å². The molecule has 8 heteroatoms. The highest BCUT2D eigenvalue weighted by Crippen LogP contribution is 2.45. The zero-order valence-electron chi connectivity index (χ0n) is 32.5. The molecule has 0 spiro atoms. The molecule has 10 rings (SSSR count). The van der Waals surface area contributed by atoms with E-state index in [1.807, 2.05) is 78.9 Å². The molecule has 0 aliphatic heterocycles. The van der Waals surface area contributed by atoms with Crippen LogP contribution in [0.15, 0.2) is 164 Å². The van der Waals surface area contributed by atoms with Gasteiger partial charge in [-0.2, -0.15) is 23.7 Å². The Kier molecular flexibility index (Phi) is 8.58. The Morgan fingerprint density at radius 1 is 0.492 bits per heavy atom. The van der Waals surface area contributed by atoms with Gasteiger partial charge in [0, 0.05) is 21.5 Å².